The smallest absolute Gasteiger partial charge is 0.374 e. The monoisotopic (exact) mass is 275 g/mol. The lowest BCUT2D eigenvalue weighted by Gasteiger charge is -2.06. The second-order valence-electron chi connectivity index (χ2n) is 4.81. The van der Waals surface area contributed by atoms with Gasteiger partial charge in [-0.1, -0.05) is 26.0 Å². The maximum atomic E-state index is 12.1. The molecule has 1 heterocycles. The minimum Gasteiger partial charge on any atom is -0.475 e. The molecule has 0 saturated heterocycles. The van der Waals surface area contributed by atoms with Gasteiger partial charge in [-0.05, 0) is 30.5 Å². The third-order valence-corrected chi connectivity index (χ3v) is 3.17. The number of nitrogens with zero attached hydrogens (tertiary/aromatic N) is 3. The van der Waals surface area contributed by atoms with Crippen LogP contribution in [-0.4, -0.2) is 25.4 Å². The van der Waals surface area contributed by atoms with Gasteiger partial charge in [0.15, 0.2) is 0 Å². The maximum Gasteiger partial charge on any atom is 0.374 e. The summed E-state index contributed by atoms with van der Waals surface area (Å²) in [4.78, 5) is 23.2. The molecule has 0 fully saturated rings. The number of carbonyl (C=O) groups is 1. The van der Waals surface area contributed by atoms with Gasteiger partial charge in [0, 0.05) is 6.54 Å². The van der Waals surface area contributed by atoms with Gasteiger partial charge in [0.1, 0.15) is 0 Å². The molecule has 20 heavy (non-hydrogen) atoms. The van der Waals surface area contributed by atoms with Crippen LogP contribution in [0.2, 0.25) is 0 Å². The summed E-state index contributed by atoms with van der Waals surface area (Å²) in [7, 11) is 0. The van der Waals surface area contributed by atoms with Crippen molar-refractivity contribution in [2.24, 2.45) is 0 Å². The average Bonchev–Trinajstić information content (AvgIpc) is 2.76. The van der Waals surface area contributed by atoms with Crippen molar-refractivity contribution >= 4 is 5.97 Å². The lowest BCUT2D eigenvalue weighted by Crippen LogP contribution is -2.24. The maximum absolute atomic E-state index is 12.1. The zero-order valence-corrected chi connectivity index (χ0v) is 11.7. The van der Waals surface area contributed by atoms with Crippen LogP contribution in [0.4, 0.5) is 0 Å². The number of aromatic carboxylic acids is 1. The Bertz CT molecular complexity index is 681. The Hall–Kier alpha value is -2.37. The Morgan fingerprint density at radius 1 is 1.30 bits per heavy atom. The number of benzene rings is 1. The lowest BCUT2D eigenvalue weighted by molar-refractivity contribution is 0.0677. The van der Waals surface area contributed by atoms with Gasteiger partial charge in [0.05, 0.1) is 5.69 Å². The molecule has 1 aromatic carbocycles. The highest BCUT2D eigenvalue weighted by Gasteiger charge is 2.18. The van der Waals surface area contributed by atoms with Crippen molar-refractivity contribution < 1.29 is 9.90 Å². The Labute approximate surface area is 116 Å². The van der Waals surface area contributed by atoms with Gasteiger partial charge in [-0.2, -0.15) is 4.68 Å². The van der Waals surface area contributed by atoms with E-state index in [-0.39, 0.29) is 12.4 Å². The molecule has 0 spiro atoms. The number of carboxylic acids is 1. The molecule has 0 aliphatic carbocycles. The molecule has 0 unspecified atom stereocenters. The van der Waals surface area contributed by atoms with E-state index in [1.165, 1.54) is 0 Å². The molecular weight excluding hydrogens is 258 g/mol. The normalized spacial score (nSPS) is 11.0. The average molecular weight is 275 g/mol. The first-order valence-corrected chi connectivity index (χ1v) is 6.49. The number of carboxylic acid groups (broad SMARTS) is 1. The highest BCUT2D eigenvalue weighted by molar-refractivity contribution is 5.83. The summed E-state index contributed by atoms with van der Waals surface area (Å²) in [5.41, 5.74) is 1.27. The molecular formula is C14H17N3O3. The molecule has 0 bridgehead atoms. The van der Waals surface area contributed by atoms with Gasteiger partial charge in [0.25, 0.3) is 0 Å². The van der Waals surface area contributed by atoms with E-state index in [4.69, 9.17) is 5.11 Å². The van der Waals surface area contributed by atoms with Crippen molar-refractivity contribution in [2.45, 2.75) is 33.2 Å². The molecule has 2 aromatic rings. The zero-order valence-electron chi connectivity index (χ0n) is 11.7. The molecule has 0 atom stereocenters. The van der Waals surface area contributed by atoms with E-state index in [1.54, 1.807) is 19.1 Å². The van der Waals surface area contributed by atoms with E-state index in [9.17, 15) is 9.59 Å². The summed E-state index contributed by atoms with van der Waals surface area (Å²) in [5, 5.41) is 13.0. The molecule has 6 nitrogen and oxygen atoms in total. The highest BCUT2D eigenvalue weighted by Crippen LogP contribution is 2.15. The predicted molar refractivity (Wildman–Crippen MR) is 74.5 cm³/mol. The summed E-state index contributed by atoms with van der Waals surface area (Å²) in [6.45, 7) is 6.14. The molecule has 1 N–H and O–H groups in total. The van der Waals surface area contributed by atoms with E-state index in [0.29, 0.717) is 11.6 Å². The Balaban J connectivity index is 2.53. The third-order valence-electron chi connectivity index (χ3n) is 3.17. The summed E-state index contributed by atoms with van der Waals surface area (Å²) in [6.07, 6.45) is 0. The minimum absolute atomic E-state index is 0.245. The molecule has 0 saturated carbocycles. The summed E-state index contributed by atoms with van der Waals surface area (Å²) >= 11 is 0. The number of hydrogen-bond donors (Lipinski definition) is 1. The van der Waals surface area contributed by atoms with Gasteiger partial charge >= 0.3 is 11.7 Å². The molecule has 0 radical (unpaired) electrons. The molecule has 1 aromatic heterocycles. The van der Waals surface area contributed by atoms with Crippen molar-refractivity contribution in [3.63, 3.8) is 0 Å². The fraction of sp³-hybridized carbons (Fsp3) is 0.357. The van der Waals surface area contributed by atoms with Gasteiger partial charge in [-0.3, -0.25) is 4.57 Å². The first kappa shape index (κ1) is 14.0. The minimum atomic E-state index is -1.21. The van der Waals surface area contributed by atoms with E-state index >= 15 is 0 Å². The molecule has 0 aliphatic heterocycles. The van der Waals surface area contributed by atoms with Crippen LogP contribution >= 0.6 is 0 Å². The van der Waals surface area contributed by atoms with Gasteiger partial charge in [-0.15, -0.1) is 5.10 Å². The van der Waals surface area contributed by atoms with Gasteiger partial charge < -0.3 is 5.11 Å². The van der Waals surface area contributed by atoms with Crippen LogP contribution in [0.25, 0.3) is 5.69 Å². The Kier molecular flexibility index (Phi) is 3.74. The van der Waals surface area contributed by atoms with Crippen LogP contribution < -0.4 is 5.69 Å². The van der Waals surface area contributed by atoms with Crippen molar-refractivity contribution in [2.75, 3.05) is 0 Å². The van der Waals surface area contributed by atoms with E-state index < -0.39 is 11.7 Å². The SMILES string of the molecule is CCn1c(C(=O)O)nn(-c2ccc(C(C)C)cc2)c1=O. The fourth-order valence-electron chi connectivity index (χ4n) is 2.01. The Morgan fingerprint density at radius 2 is 1.90 bits per heavy atom. The van der Waals surface area contributed by atoms with Crippen LogP contribution in [0.15, 0.2) is 29.1 Å². The molecule has 0 amide bonds. The standard InChI is InChI=1S/C14H17N3O3/c1-4-16-12(13(18)19)15-17(14(16)20)11-7-5-10(6-8-11)9(2)3/h5-9H,4H2,1-3H3,(H,18,19). The zero-order chi connectivity index (χ0) is 14.9. The molecule has 2 rings (SSSR count). The second-order valence-corrected chi connectivity index (χ2v) is 4.81. The van der Waals surface area contributed by atoms with E-state index in [1.807, 2.05) is 12.1 Å². The largest absolute Gasteiger partial charge is 0.475 e. The third kappa shape index (κ3) is 2.36. The molecule has 106 valence electrons. The van der Waals surface area contributed by atoms with Crippen LogP contribution in [0.1, 0.15) is 42.9 Å². The van der Waals surface area contributed by atoms with Crippen LogP contribution in [0, 0.1) is 0 Å². The van der Waals surface area contributed by atoms with Crippen molar-refractivity contribution in [1.29, 1.82) is 0 Å². The summed E-state index contributed by atoms with van der Waals surface area (Å²) in [5.74, 6) is -1.06. The quantitative estimate of drug-likeness (QED) is 0.924. The first-order valence-electron chi connectivity index (χ1n) is 6.49. The van der Waals surface area contributed by atoms with Gasteiger partial charge in [-0.25, -0.2) is 9.59 Å². The summed E-state index contributed by atoms with van der Waals surface area (Å²) in [6, 6.07) is 7.38. The second kappa shape index (κ2) is 5.32. The number of aromatic nitrogens is 3. The van der Waals surface area contributed by atoms with E-state index in [2.05, 4.69) is 18.9 Å². The van der Waals surface area contributed by atoms with Crippen LogP contribution in [-0.2, 0) is 6.54 Å². The number of hydrogen-bond acceptors (Lipinski definition) is 3. The topological polar surface area (TPSA) is 77.1 Å². The Morgan fingerprint density at radius 3 is 2.30 bits per heavy atom. The summed E-state index contributed by atoms with van der Waals surface area (Å²) < 4.78 is 2.26. The predicted octanol–water partition coefficient (Wildman–Crippen LogP) is 1.88. The number of rotatable bonds is 4. The van der Waals surface area contributed by atoms with E-state index in [0.717, 1.165) is 14.8 Å². The van der Waals surface area contributed by atoms with Crippen LogP contribution in [0.5, 0.6) is 0 Å². The van der Waals surface area contributed by atoms with Crippen molar-refractivity contribution in [3.05, 3.63) is 46.1 Å². The first-order chi connectivity index (χ1) is 9.45. The highest BCUT2D eigenvalue weighted by atomic mass is 16.4. The van der Waals surface area contributed by atoms with Gasteiger partial charge in [0.2, 0.25) is 5.82 Å². The van der Waals surface area contributed by atoms with Crippen molar-refractivity contribution in [1.82, 2.24) is 14.3 Å². The van der Waals surface area contributed by atoms with Crippen molar-refractivity contribution in [3.8, 4) is 5.69 Å². The molecule has 6 heteroatoms. The lowest BCUT2D eigenvalue weighted by atomic mass is 10.0. The fourth-order valence-corrected chi connectivity index (χ4v) is 2.01. The van der Waals surface area contributed by atoms with Crippen LogP contribution in [0.3, 0.4) is 0 Å². The molecule has 0 aliphatic rings.